The lowest BCUT2D eigenvalue weighted by Gasteiger charge is -2.41. The zero-order valence-electron chi connectivity index (χ0n) is 57.7. The van der Waals surface area contributed by atoms with E-state index in [9.17, 15) is 63.3 Å². The summed E-state index contributed by atoms with van der Waals surface area (Å²) >= 11 is 0. The van der Waals surface area contributed by atoms with Crippen molar-refractivity contribution in [2.45, 2.75) is 234 Å². The van der Waals surface area contributed by atoms with E-state index in [1.165, 1.54) is 84.6 Å². The number of nitrogens with one attached hydrogen (secondary N) is 4. The first-order chi connectivity index (χ1) is 40.8. The molecular weight excluding hydrogens is 1150 g/mol. The second-order valence-electron chi connectivity index (χ2n) is 26.9. The van der Waals surface area contributed by atoms with Crippen LogP contribution >= 0.6 is 0 Å². The van der Waals surface area contributed by atoms with Crippen molar-refractivity contribution in [1.29, 1.82) is 0 Å². The van der Waals surface area contributed by atoms with Crippen LogP contribution in [0.5, 0.6) is 0 Å². The van der Waals surface area contributed by atoms with Crippen molar-refractivity contribution < 1.29 is 72.9 Å². The van der Waals surface area contributed by atoms with Crippen LogP contribution < -0.4 is 21.3 Å². The first-order valence-electron chi connectivity index (χ1n) is 31.2. The summed E-state index contributed by atoms with van der Waals surface area (Å²) in [5.74, 6) is -14.1. The van der Waals surface area contributed by atoms with E-state index in [2.05, 4.69) is 21.3 Å². The van der Waals surface area contributed by atoms with Gasteiger partial charge in [-0.2, -0.15) is 0 Å². The first kappa shape index (κ1) is 80.3. The van der Waals surface area contributed by atoms with Crippen molar-refractivity contribution in [3.63, 3.8) is 0 Å². The van der Waals surface area contributed by atoms with Gasteiger partial charge in [-0.25, -0.2) is 4.79 Å². The van der Waals surface area contributed by atoms with Crippen LogP contribution in [0, 0.1) is 35.5 Å². The topological polar surface area (TPSA) is 336 Å². The number of aliphatic hydroxyl groups excluding tert-OH is 1. The Kier molecular flexibility index (Phi) is 31.6. The molecule has 0 saturated carbocycles. The maximum Gasteiger partial charge on any atom is 0.336 e. The third-order valence-corrected chi connectivity index (χ3v) is 16.5. The second kappa shape index (κ2) is 35.0. The number of carbonyl (C=O) groups is 12. The summed E-state index contributed by atoms with van der Waals surface area (Å²) in [5, 5.41) is 44.5. The number of aliphatic carboxylic acids is 1. The molecule has 0 aromatic rings. The summed E-state index contributed by atoms with van der Waals surface area (Å²) in [6.45, 7) is 27.9. The van der Waals surface area contributed by atoms with Gasteiger partial charge in [0.25, 0.3) is 5.91 Å². The van der Waals surface area contributed by atoms with Crippen LogP contribution in [-0.4, -0.2) is 248 Å². The molecule has 1 rings (SSSR count). The quantitative estimate of drug-likeness (QED) is 0.0857. The van der Waals surface area contributed by atoms with Gasteiger partial charge in [0, 0.05) is 55.8 Å². The van der Waals surface area contributed by atoms with Gasteiger partial charge in [-0.05, 0) is 102 Å². The summed E-state index contributed by atoms with van der Waals surface area (Å²) in [7, 11) is 8.90. The number of carboxylic acid groups (broad SMARTS) is 1. The molecule has 1 fully saturated rings. The zero-order chi connectivity index (χ0) is 69.3. The van der Waals surface area contributed by atoms with Crippen LogP contribution in [0.1, 0.15) is 156 Å². The van der Waals surface area contributed by atoms with Crippen LogP contribution in [0.15, 0.2) is 12.2 Å². The lowest BCUT2D eigenvalue weighted by atomic mass is 9.91. The molecule has 7 N–H and O–H groups in total. The van der Waals surface area contributed by atoms with E-state index in [0.717, 1.165) is 28.8 Å². The molecule has 26 heteroatoms. The van der Waals surface area contributed by atoms with Crippen molar-refractivity contribution in [2.24, 2.45) is 35.5 Å². The average Bonchev–Trinajstić information content (AvgIpc) is 2.96. The number of amides is 11. The molecule has 1 heterocycles. The number of aliphatic hydroxyl groups is 2. The van der Waals surface area contributed by atoms with E-state index in [1.807, 2.05) is 27.7 Å². The third-order valence-electron chi connectivity index (χ3n) is 16.5. The molecule has 0 aromatic heterocycles. The molecule has 0 radical (unpaired) electrons. The molecule has 13 atom stereocenters. The number of nitrogens with zero attached hydrogens (tertiary/aromatic N) is 7. The first-order valence-corrected chi connectivity index (χ1v) is 31.2. The molecule has 89 heavy (non-hydrogen) atoms. The fourth-order valence-electron chi connectivity index (χ4n) is 11.0. The smallest absolute Gasteiger partial charge is 0.336 e. The molecule has 1 unspecified atom stereocenters. The highest BCUT2D eigenvalue weighted by Crippen LogP contribution is 2.26. The molecule has 0 spiro atoms. The number of likely N-dealkylation sites (N-methyl/N-ethyl adjacent to an activating group) is 7. The Balaban J connectivity index is 4.49. The predicted octanol–water partition coefficient (Wildman–Crippen LogP) is 1.84. The molecule has 1 saturated heterocycles. The average molecular weight is 1260 g/mol. The van der Waals surface area contributed by atoms with Crippen LogP contribution in [0.3, 0.4) is 0 Å². The van der Waals surface area contributed by atoms with Crippen LogP contribution in [0.25, 0.3) is 0 Å². The summed E-state index contributed by atoms with van der Waals surface area (Å²) in [6.07, 6.45) is 1.61. The van der Waals surface area contributed by atoms with Gasteiger partial charge >= 0.3 is 5.97 Å². The number of hydrogen-bond donors (Lipinski definition) is 7. The highest BCUT2D eigenvalue weighted by molar-refractivity contribution is 6.06. The Morgan fingerprint density at radius 3 is 1.37 bits per heavy atom. The summed E-state index contributed by atoms with van der Waals surface area (Å²) in [6, 6.07) is -16.4. The third kappa shape index (κ3) is 22.0. The Bertz CT molecular complexity index is 2520. The normalized spacial score (nSPS) is 27.2. The van der Waals surface area contributed by atoms with Crippen molar-refractivity contribution in [1.82, 2.24) is 55.6 Å². The molecule has 1 aliphatic heterocycles. The fourth-order valence-corrected chi connectivity index (χ4v) is 11.0. The summed E-state index contributed by atoms with van der Waals surface area (Å²) in [4.78, 5) is 182. The van der Waals surface area contributed by atoms with Gasteiger partial charge in [0.05, 0.1) is 11.7 Å². The van der Waals surface area contributed by atoms with Gasteiger partial charge in [-0.1, -0.05) is 95.2 Å². The summed E-state index contributed by atoms with van der Waals surface area (Å²) in [5.41, 5.74) is -1.72. The maximum absolute atomic E-state index is 15.2. The molecule has 1 aliphatic rings. The Morgan fingerprint density at radius 2 is 0.933 bits per heavy atom. The van der Waals surface area contributed by atoms with Crippen molar-refractivity contribution in [3.05, 3.63) is 12.2 Å². The number of carboxylic acids is 1. The SMILES string of the molecule is CC=CC[C@@H](C)[C@@H](O)[C@H]1C(=O)N[C@@H](CC)C(=O)N(C)C(C(=O)O)C(=O)N(C)[C@@H](CC(C)(C)O)C(=O)N[C@@H](C(C)C)C(=O)N(C)[C@@H](CC(C)C)C(=O)N[C@@H](C)C(=O)N[C@H](C)C(=O)N(C)[C@@H](CC(C)C)C(=O)N(C)[C@@H](CC(C)C)C(=O)N(C)[C@@H](C(C)C)C(=O)N1C. The van der Waals surface area contributed by atoms with Crippen LogP contribution in [-0.2, 0) is 57.5 Å². The Morgan fingerprint density at radius 1 is 0.506 bits per heavy atom. The lowest BCUT2D eigenvalue weighted by molar-refractivity contribution is -0.161. The van der Waals surface area contributed by atoms with Gasteiger partial charge < -0.3 is 70.9 Å². The molecule has 508 valence electrons. The highest BCUT2D eigenvalue weighted by atomic mass is 16.4. The molecule has 0 aliphatic carbocycles. The highest BCUT2D eigenvalue weighted by Gasteiger charge is 2.47. The number of allylic oxidation sites excluding steroid dienone is 2. The van der Waals surface area contributed by atoms with E-state index < -0.39 is 173 Å². The van der Waals surface area contributed by atoms with Gasteiger partial charge in [0.15, 0.2) is 0 Å². The standard InChI is InChI=1S/C63H111N11O15/c1-25-27-28-38(13)50(75)48-54(79)66-41(26-2)56(81)74(24)49(62(87)88)61(86)71(21)45(32-63(16,17)89)53(78)67-46(36(9)10)59(84)68(18)42(29-33(3)4)52(77)64-39(14)51(76)65-40(15)55(80)69(19)43(30-34(5)6)57(82)70(20)44(31-35(7)8)58(83)72(22)47(37(11)12)60(85)73(48)23/h25,27,33-50,75,89H,26,28-32H2,1-24H3,(H,64,77)(H,65,76)(H,66,79)(H,67,78)(H,87,88)/t38-,39+,40-,41+,42+,43+,44+,45+,46+,47+,48+,49?,50-/m1/s1. The second-order valence-corrected chi connectivity index (χ2v) is 26.9. The number of carbonyl (C=O) groups excluding carboxylic acids is 11. The Labute approximate surface area is 529 Å². The van der Waals surface area contributed by atoms with Crippen molar-refractivity contribution in [2.75, 3.05) is 49.3 Å². The monoisotopic (exact) mass is 1260 g/mol. The van der Waals surface area contributed by atoms with E-state index >= 15 is 9.59 Å². The fraction of sp³-hybridized carbons (Fsp3) is 0.778. The van der Waals surface area contributed by atoms with E-state index in [-0.39, 0.29) is 49.9 Å². The molecular formula is C63H111N11O15. The van der Waals surface area contributed by atoms with Gasteiger partial charge in [-0.15, -0.1) is 0 Å². The van der Waals surface area contributed by atoms with Crippen LogP contribution in [0.2, 0.25) is 0 Å². The van der Waals surface area contributed by atoms with Crippen molar-refractivity contribution in [3.8, 4) is 0 Å². The molecule has 11 amide bonds. The van der Waals surface area contributed by atoms with Gasteiger partial charge in [-0.3, -0.25) is 52.7 Å². The minimum absolute atomic E-state index is 0.0660. The molecule has 0 aromatic carbocycles. The Hall–Kier alpha value is -6.70. The molecule has 0 bridgehead atoms. The zero-order valence-corrected chi connectivity index (χ0v) is 57.7. The van der Waals surface area contributed by atoms with Crippen LogP contribution in [0.4, 0.5) is 0 Å². The van der Waals surface area contributed by atoms with E-state index in [4.69, 9.17) is 0 Å². The predicted molar refractivity (Wildman–Crippen MR) is 336 cm³/mol. The minimum atomic E-state index is -2.37. The van der Waals surface area contributed by atoms with Gasteiger partial charge in [0.1, 0.15) is 60.4 Å². The lowest BCUT2D eigenvalue weighted by Crippen LogP contribution is -2.64. The van der Waals surface area contributed by atoms with Gasteiger partial charge in [0.2, 0.25) is 65.1 Å². The minimum Gasteiger partial charge on any atom is -0.479 e. The largest absolute Gasteiger partial charge is 0.479 e. The van der Waals surface area contributed by atoms with E-state index in [0.29, 0.717) is 4.90 Å². The number of hydrogen-bond acceptors (Lipinski definition) is 14. The summed E-state index contributed by atoms with van der Waals surface area (Å²) < 4.78 is 0. The maximum atomic E-state index is 15.2. The number of rotatable bonds is 16. The molecule has 26 nitrogen and oxygen atoms in total. The van der Waals surface area contributed by atoms with Crippen molar-refractivity contribution >= 4 is 70.9 Å². The van der Waals surface area contributed by atoms with E-state index in [1.54, 1.807) is 67.5 Å².